The van der Waals surface area contributed by atoms with Crippen molar-refractivity contribution in [3.05, 3.63) is 78.8 Å². The predicted molar refractivity (Wildman–Crippen MR) is 121 cm³/mol. The first-order valence-corrected chi connectivity index (χ1v) is 10.1. The molecule has 4 aromatic heterocycles. The Labute approximate surface area is 179 Å². The zero-order valence-corrected chi connectivity index (χ0v) is 17.3. The number of hydrogen-bond acceptors (Lipinski definition) is 4. The molecule has 1 aromatic carbocycles. The van der Waals surface area contributed by atoms with Crippen molar-refractivity contribution in [2.24, 2.45) is 0 Å². The van der Waals surface area contributed by atoms with E-state index in [2.05, 4.69) is 50.3 Å². The van der Waals surface area contributed by atoms with E-state index in [0.29, 0.717) is 0 Å². The number of pyridine rings is 1. The monoisotopic (exact) mass is 410 g/mol. The Hall–Kier alpha value is -4.13. The number of allylic oxidation sites excluding steroid dienone is 1. The highest BCUT2D eigenvalue weighted by Gasteiger charge is 2.14. The van der Waals surface area contributed by atoms with Crippen LogP contribution in [0.15, 0.2) is 67.5 Å². The summed E-state index contributed by atoms with van der Waals surface area (Å²) in [6, 6.07) is 9.86. The number of H-pyrrole nitrogens is 2. The third kappa shape index (κ3) is 3.50. The normalized spacial score (nSPS) is 12.0. The molecule has 3 N–H and O–H groups in total. The van der Waals surface area contributed by atoms with E-state index >= 15 is 0 Å². The molecule has 0 radical (unpaired) electrons. The third-order valence-electron chi connectivity index (χ3n) is 5.24. The Kier molecular flexibility index (Phi) is 4.63. The summed E-state index contributed by atoms with van der Waals surface area (Å²) >= 11 is 0. The number of benzene rings is 1. The van der Waals surface area contributed by atoms with Gasteiger partial charge in [0.05, 0.1) is 35.1 Å². The molecule has 0 unspecified atom stereocenters. The molecule has 0 aliphatic heterocycles. The molecule has 0 amide bonds. The Bertz CT molecular complexity index is 1400. The van der Waals surface area contributed by atoms with Crippen molar-refractivity contribution in [2.45, 2.75) is 20.3 Å². The average molecular weight is 410 g/mol. The Morgan fingerprint density at radius 2 is 2.06 bits per heavy atom. The van der Waals surface area contributed by atoms with Crippen LogP contribution in [0.4, 0.5) is 0 Å². The number of imidazole rings is 1. The lowest BCUT2D eigenvalue weighted by molar-refractivity contribution is 0.473. The molecular weight excluding hydrogens is 388 g/mol. The van der Waals surface area contributed by atoms with Crippen molar-refractivity contribution in [2.75, 3.05) is 0 Å². The van der Waals surface area contributed by atoms with E-state index in [-0.39, 0.29) is 5.75 Å². The van der Waals surface area contributed by atoms with Gasteiger partial charge in [0.2, 0.25) is 0 Å². The summed E-state index contributed by atoms with van der Waals surface area (Å²) in [5.41, 5.74) is 7.65. The standard InChI is InChI=1S/C24H22N6O/c1-3-4-23(30-13-15(2)27-14-30)18-9-22(26-11-18)24-20-8-16(5-6-21(20)28-29-24)17-7-19(31)12-25-10-17/h4-14,26,31H,3H2,1-2H3,(H,28,29)/b23-4+. The SMILES string of the molecule is CC/C=C(\c1c[nH]c(-c2n[nH]c3ccc(-c4cncc(O)c4)cc23)c1)n1cnc(C)c1. The number of aromatic amines is 2. The minimum Gasteiger partial charge on any atom is -0.506 e. The van der Waals surface area contributed by atoms with Gasteiger partial charge in [-0.25, -0.2) is 4.98 Å². The van der Waals surface area contributed by atoms with Crippen molar-refractivity contribution < 1.29 is 5.11 Å². The number of aryl methyl sites for hydroxylation is 1. The third-order valence-corrected chi connectivity index (χ3v) is 5.24. The van der Waals surface area contributed by atoms with Gasteiger partial charge in [0.15, 0.2) is 0 Å². The molecule has 0 atom stereocenters. The number of nitrogens with one attached hydrogen (secondary N) is 2. The first-order chi connectivity index (χ1) is 15.1. The summed E-state index contributed by atoms with van der Waals surface area (Å²) in [4.78, 5) is 11.8. The van der Waals surface area contributed by atoms with Crippen molar-refractivity contribution in [1.29, 1.82) is 0 Å². The second-order valence-corrected chi connectivity index (χ2v) is 7.49. The molecule has 4 heterocycles. The number of nitrogens with zero attached hydrogens (tertiary/aromatic N) is 4. The molecule has 7 nitrogen and oxygen atoms in total. The Balaban J connectivity index is 1.56. The van der Waals surface area contributed by atoms with Gasteiger partial charge in [-0.1, -0.05) is 19.1 Å². The molecule has 0 spiro atoms. The van der Waals surface area contributed by atoms with Gasteiger partial charge in [0.1, 0.15) is 11.4 Å². The molecule has 0 aliphatic rings. The first kappa shape index (κ1) is 18.9. The summed E-state index contributed by atoms with van der Waals surface area (Å²) in [6.07, 6.45) is 12.1. The second-order valence-electron chi connectivity index (χ2n) is 7.49. The van der Waals surface area contributed by atoms with Gasteiger partial charge >= 0.3 is 0 Å². The lowest BCUT2D eigenvalue weighted by Crippen LogP contribution is -1.94. The van der Waals surface area contributed by atoms with E-state index in [1.165, 1.54) is 6.20 Å². The first-order valence-electron chi connectivity index (χ1n) is 10.1. The number of hydrogen-bond donors (Lipinski definition) is 3. The molecular formula is C24H22N6O. The van der Waals surface area contributed by atoms with Gasteiger partial charge < -0.3 is 14.7 Å². The molecule has 0 fully saturated rings. The highest BCUT2D eigenvalue weighted by Crippen LogP contribution is 2.32. The molecule has 0 saturated carbocycles. The maximum Gasteiger partial charge on any atom is 0.134 e. The number of aromatic hydroxyl groups is 1. The van der Waals surface area contributed by atoms with Crippen LogP contribution in [0.3, 0.4) is 0 Å². The van der Waals surface area contributed by atoms with Crippen molar-refractivity contribution >= 4 is 16.6 Å². The topological polar surface area (TPSA) is 95.4 Å². The van der Waals surface area contributed by atoms with Crippen molar-refractivity contribution in [3.8, 4) is 28.3 Å². The molecule has 5 aromatic rings. The van der Waals surface area contributed by atoms with Gasteiger partial charge in [-0.3, -0.25) is 10.1 Å². The summed E-state index contributed by atoms with van der Waals surface area (Å²) in [5.74, 6) is 0.143. The van der Waals surface area contributed by atoms with E-state index in [1.807, 2.05) is 42.3 Å². The summed E-state index contributed by atoms with van der Waals surface area (Å²) in [6.45, 7) is 4.11. The summed E-state index contributed by atoms with van der Waals surface area (Å²) in [7, 11) is 0. The quantitative estimate of drug-likeness (QED) is 0.374. The van der Waals surface area contributed by atoms with Gasteiger partial charge in [-0.05, 0) is 43.2 Å². The van der Waals surface area contributed by atoms with Crippen LogP contribution in [0, 0.1) is 6.92 Å². The fraction of sp³-hybridized carbons (Fsp3) is 0.125. The molecule has 31 heavy (non-hydrogen) atoms. The predicted octanol–water partition coefficient (Wildman–Crippen LogP) is 5.13. The minimum atomic E-state index is 0.143. The zero-order chi connectivity index (χ0) is 21.4. The smallest absolute Gasteiger partial charge is 0.134 e. The highest BCUT2D eigenvalue weighted by atomic mass is 16.3. The lowest BCUT2D eigenvalue weighted by atomic mass is 10.0. The lowest BCUT2D eigenvalue weighted by Gasteiger charge is -2.06. The summed E-state index contributed by atoms with van der Waals surface area (Å²) in [5, 5.41) is 18.4. The molecule has 0 bridgehead atoms. The Morgan fingerprint density at radius 1 is 1.16 bits per heavy atom. The van der Waals surface area contributed by atoms with E-state index in [1.54, 1.807) is 12.3 Å². The second kappa shape index (κ2) is 7.60. The molecule has 0 aliphatic carbocycles. The van der Waals surface area contributed by atoms with Crippen LogP contribution < -0.4 is 0 Å². The van der Waals surface area contributed by atoms with Crippen LogP contribution in [-0.2, 0) is 0 Å². The molecule has 7 heteroatoms. The van der Waals surface area contributed by atoms with Crippen LogP contribution in [0.5, 0.6) is 5.75 Å². The maximum atomic E-state index is 9.78. The fourth-order valence-corrected chi connectivity index (χ4v) is 3.78. The summed E-state index contributed by atoms with van der Waals surface area (Å²) < 4.78 is 2.04. The largest absolute Gasteiger partial charge is 0.506 e. The van der Waals surface area contributed by atoms with Crippen LogP contribution in [-0.4, -0.2) is 34.8 Å². The van der Waals surface area contributed by atoms with Crippen molar-refractivity contribution in [3.63, 3.8) is 0 Å². The minimum absolute atomic E-state index is 0.143. The van der Waals surface area contributed by atoms with Crippen LogP contribution in [0.25, 0.3) is 39.1 Å². The number of rotatable bonds is 5. The average Bonchev–Trinajstić information content (AvgIpc) is 3.51. The number of aromatic nitrogens is 6. The maximum absolute atomic E-state index is 9.78. The molecule has 5 rings (SSSR count). The van der Waals surface area contributed by atoms with Gasteiger partial charge in [-0.2, -0.15) is 5.10 Å². The van der Waals surface area contributed by atoms with E-state index < -0.39 is 0 Å². The highest BCUT2D eigenvalue weighted by molar-refractivity contribution is 5.95. The number of fused-ring (bicyclic) bond motifs is 1. The Morgan fingerprint density at radius 3 is 2.84 bits per heavy atom. The van der Waals surface area contributed by atoms with Crippen LogP contribution in [0.1, 0.15) is 24.6 Å². The fourth-order valence-electron chi connectivity index (χ4n) is 3.78. The van der Waals surface area contributed by atoms with Crippen LogP contribution >= 0.6 is 0 Å². The van der Waals surface area contributed by atoms with Crippen LogP contribution in [0.2, 0.25) is 0 Å². The van der Waals surface area contributed by atoms with Gasteiger partial charge in [0.25, 0.3) is 0 Å². The zero-order valence-electron chi connectivity index (χ0n) is 17.3. The molecule has 154 valence electrons. The van der Waals surface area contributed by atoms with Crippen molar-refractivity contribution in [1.82, 2.24) is 29.7 Å². The van der Waals surface area contributed by atoms with E-state index in [4.69, 9.17) is 0 Å². The van der Waals surface area contributed by atoms with E-state index in [0.717, 1.165) is 56.8 Å². The van der Waals surface area contributed by atoms with Gasteiger partial charge in [0, 0.05) is 35.1 Å². The van der Waals surface area contributed by atoms with E-state index in [9.17, 15) is 5.11 Å². The molecule has 0 saturated heterocycles. The van der Waals surface area contributed by atoms with Gasteiger partial charge in [-0.15, -0.1) is 0 Å².